The van der Waals surface area contributed by atoms with Crippen molar-refractivity contribution in [2.45, 2.75) is 52.0 Å². The first-order chi connectivity index (χ1) is 16.2. The number of carbonyl (C=O) groups is 3. The van der Waals surface area contributed by atoms with E-state index in [1.807, 2.05) is 44.8 Å². The van der Waals surface area contributed by atoms with Crippen molar-refractivity contribution in [3.63, 3.8) is 0 Å². The van der Waals surface area contributed by atoms with E-state index < -0.39 is 0 Å². The molecule has 3 heterocycles. The van der Waals surface area contributed by atoms with Crippen molar-refractivity contribution in [1.82, 2.24) is 25.3 Å². The van der Waals surface area contributed by atoms with Gasteiger partial charge < -0.3 is 25.1 Å². The van der Waals surface area contributed by atoms with Gasteiger partial charge in [0.2, 0.25) is 11.8 Å². The number of likely N-dealkylation sites (N-methyl/N-ethyl adjacent to an activating group) is 1. The van der Waals surface area contributed by atoms with Crippen LogP contribution in [0.3, 0.4) is 0 Å². The zero-order valence-electron chi connectivity index (χ0n) is 20.5. The first kappa shape index (κ1) is 27.1. The molecule has 0 saturated carbocycles. The summed E-state index contributed by atoms with van der Waals surface area (Å²) in [7, 11) is 3.94. The van der Waals surface area contributed by atoms with E-state index in [4.69, 9.17) is 14.3 Å². The largest absolute Gasteiger partial charge is 0.483 e. The number of nitrogens with one attached hydrogen (secondary N) is 2. The van der Waals surface area contributed by atoms with Crippen LogP contribution in [0.1, 0.15) is 42.0 Å². The third kappa shape index (κ3) is 8.33. The molecule has 0 bridgehead atoms. The number of carbonyl (C=O) groups excluding carboxylic acids is 2. The van der Waals surface area contributed by atoms with E-state index in [0.717, 1.165) is 42.1 Å². The van der Waals surface area contributed by atoms with Gasteiger partial charge in [-0.1, -0.05) is 0 Å². The van der Waals surface area contributed by atoms with Crippen LogP contribution in [-0.2, 0) is 34.3 Å². The molecule has 1 aliphatic rings. The molecular formula is C24H37N5O5. The fraction of sp³-hybridized carbons (Fsp3) is 0.583. The van der Waals surface area contributed by atoms with Crippen LogP contribution in [0.4, 0.5) is 0 Å². The van der Waals surface area contributed by atoms with Crippen molar-refractivity contribution in [3.05, 3.63) is 41.1 Å². The van der Waals surface area contributed by atoms with Crippen LogP contribution in [0.5, 0.6) is 0 Å². The molecule has 3 N–H and O–H groups in total. The Morgan fingerprint density at radius 2 is 1.97 bits per heavy atom. The summed E-state index contributed by atoms with van der Waals surface area (Å²) in [6.45, 7) is 5.80. The minimum atomic E-state index is -0.250. The average molecular weight is 476 g/mol. The Balaban J connectivity index is 0.00000129. The van der Waals surface area contributed by atoms with Gasteiger partial charge in [0, 0.05) is 51.3 Å². The fourth-order valence-electron chi connectivity index (χ4n) is 4.37. The molecule has 1 saturated heterocycles. The smallest absolute Gasteiger partial charge is 0.290 e. The molecule has 10 nitrogen and oxygen atoms in total. The lowest BCUT2D eigenvalue weighted by Gasteiger charge is -2.22. The van der Waals surface area contributed by atoms with Gasteiger partial charge in [-0.3, -0.25) is 19.1 Å². The average Bonchev–Trinajstić information content (AvgIpc) is 3.32. The molecule has 34 heavy (non-hydrogen) atoms. The van der Waals surface area contributed by atoms with E-state index in [1.54, 1.807) is 6.26 Å². The number of hydrogen-bond donors (Lipinski definition) is 3. The molecule has 2 aromatic rings. The van der Waals surface area contributed by atoms with E-state index in [0.29, 0.717) is 32.4 Å². The summed E-state index contributed by atoms with van der Waals surface area (Å²) in [4.78, 5) is 35.7. The zero-order chi connectivity index (χ0) is 25.1. The van der Waals surface area contributed by atoms with Crippen LogP contribution >= 0.6 is 0 Å². The van der Waals surface area contributed by atoms with E-state index in [2.05, 4.69) is 20.6 Å². The van der Waals surface area contributed by atoms with E-state index in [-0.39, 0.29) is 30.2 Å². The molecule has 188 valence electrons. The van der Waals surface area contributed by atoms with Crippen LogP contribution in [0.2, 0.25) is 0 Å². The lowest BCUT2D eigenvalue weighted by Crippen LogP contribution is -2.42. The minimum absolute atomic E-state index is 0.0578. The van der Waals surface area contributed by atoms with Crippen molar-refractivity contribution in [1.29, 1.82) is 0 Å². The lowest BCUT2D eigenvalue weighted by atomic mass is 10.0. The summed E-state index contributed by atoms with van der Waals surface area (Å²) in [6.07, 6.45) is 5.05. The number of rotatable bonds is 8. The SMILES string of the molecule is Cc1nn(C)c(C)c1CCC(=O)N[C@H]1CC[C@@H](C(=O)NCCc2ccco2)CN(C)C1.O=CO. The Hall–Kier alpha value is -3.14. The number of nitrogens with zero attached hydrogens (tertiary/aromatic N) is 3. The van der Waals surface area contributed by atoms with Crippen molar-refractivity contribution in [3.8, 4) is 0 Å². The highest BCUT2D eigenvalue weighted by atomic mass is 16.3. The second-order valence-corrected chi connectivity index (χ2v) is 8.76. The minimum Gasteiger partial charge on any atom is -0.483 e. The summed E-state index contributed by atoms with van der Waals surface area (Å²) >= 11 is 0. The van der Waals surface area contributed by atoms with Gasteiger partial charge in [0.05, 0.1) is 17.9 Å². The third-order valence-electron chi connectivity index (χ3n) is 6.18. The van der Waals surface area contributed by atoms with Crippen LogP contribution in [0.25, 0.3) is 0 Å². The number of hydrogen-bond acceptors (Lipinski definition) is 6. The summed E-state index contributed by atoms with van der Waals surface area (Å²) in [5, 5.41) is 17.5. The normalized spacial score (nSPS) is 18.4. The van der Waals surface area contributed by atoms with Crippen molar-refractivity contribution >= 4 is 18.3 Å². The highest BCUT2D eigenvalue weighted by Gasteiger charge is 2.27. The van der Waals surface area contributed by atoms with Gasteiger partial charge in [-0.25, -0.2) is 0 Å². The highest BCUT2D eigenvalue weighted by Crippen LogP contribution is 2.18. The molecular weight excluding hydrogens is 438 g/mol. The predicted molar refractivity (Wildman–Crippen MR) is 127 cm³/mol. The first-order valence-electron chi connectivity index (χ1n) is 11.6. The van der Waals surface area contributed by atoms with Crippen molar-refractivity contribution < 1.29 is 23.9 Å². The van der Waals surface area contributed by atoms with Gasteiger partial charge in [0.15, 0.2) is 0 Å². The Bertz CT molecular complexity index is 925. The Labute approximate surface area is 200 Å². The van der Waals surface area contributed by atoms with Gasteiger partial charge in [0.25, 0.3) is 6.47 Å². The standard InChI is InChI=1S/C23H35N5O3.CH2O2/c1-16-21(17(2)28(4)26-16)9-10-22(29)25-19-8-7-18(14-27(3)15-19)23(30)24-12-11-20-6-5-13-31-20;2-1-3/h5-6,13,18-19H,7-12,14-15H2,1-4H3,(H,24,30)(H,25,29);1H,(H,2,3)/t18-,19+;/m1./s1. The second kappa shape index (κ2) is 13.5. The number of aryl methyl sites for hydroxylation is 2. The molecule has 2 aromatic heterocycles. The fourth-order valence-corrected chi connectivity index (χ4v) is 4.37. The predicted octanol–water partition coefficient (Wildman–Crippen LogP) is 1.45. The number of carboxylic acid groups (broad SMARTS) is 1. The topological polar surface area (TPSA) is 130 Å². The van der Waals surface area contributed by atoms with Crippen LogP contribution in [-0.4, -0.2) is 70.8 Å². The summed E-state index contributed by atoms with van der Waals surface area (Å²) in [5.74, 6) is 0.942. The molecule has 2 atom stereocenters. The maximum Gasteiger partial charge on any atom is 0.290 e. The quantitative estimate of drug-likeness (QED) is 0.493. The molecule has 0 aliphatic carbocycles. The number of aromatic nitrogens is 2. The van der Waals surface area contributed by atoms with Gasteiger partial charge in [0.1, 0.15) is 5.76 Å². The van der Waals surface area contributed by atoms with Crippen LogP contribution in [0.15, 0.2) is 22.8 Å². The van der Waals surface area contributed by atoms with Gasteiger partial charge in [-0.2, -0.15) is 5.10 Å². The monoisotopic (exact) mass is 475 g/mol. The molecule has 1 aliphatic heterocycles. The second-order valence-electron chi connectivity index (χ2n) is 8.76. The molecule has 0 unspecified atom stereocenters. The van der Waals surface area contributed by atoms with Crippen molar-refractivity contribution in [2.24, 2.45) is 13.0 Å². The number of furan rings is 1. The van der Waals surface area contributed by atoms with Gasteiger partial charge in [-0.05, 0) is 57.9 Å². The molecule has 10 heteroatoms. The lowest BCUT2D eigenvalue weighted by molar-refractivity contribution is -0.125. The molecule has 2 amide bonds. The summed E-state index contributed by atoms with van der Waals surface area (Å²) in [5.41, 5.74) is 3.25. The van der Waals surface area contributed by atoms with E-state index >= 15 is 0 Å². The molecule has 3 rings (SSSR count). The summed E-state index contributed by atoms with van der Waals surface area (Å²) in [6, 6.07) is 3.83. The molecule has 0 radical (unpaired) electrons. The third-order valence-corrected chi connectivity index (χ3v) is 6.18. The van der Waals surface area contributed by atoms with Crippen LogP contribution in [0, 0.1) is 19.8 Å². The summed E-state index contributed by atoms with van der Waals surface area (Å²) < 4.78 is 7.17. The number of amides is 2. The number of likely N-dealkylation sites (tertiary alicyclic amines) is 1. The van der Waals surface area contributed by atoms with E-state index in [1.165, 1.54) is 0 Å². The zero-order valence-corrected chi connectivity index (χ0v) is 20.5. The first-order valence-corrected chi connectivity index (χ1v) is 11.6. The van der Waals surface area contributed by atoms with E-state index in [9.17, 15) is 9.59 Å². The maximum atomic E-state index is 12.6. The Morgan fingerprint density at radius 1 is 1.24 bits per heavy atom. The van der Waals surface area contributed by atoms with Crippen molar-refractivity contribution in [2.75, 3.05) is 26.7 Å². The van der Waals surface area contributed by atoms with Gasteiger partial charge in [-0.15, -0.1) is 0 Å². The van der Waals surface area contributed by atoms with Crippen LogP contribution < -0.4 is 10.6 Å². The maximum absolute atomic E-state index is 12.6. The van der Waals surface area contributed by atoms with Gasteiger partial charge >= 0.3 is 0 Å². The molecule has 1 fully saturated rings. The highest BCUT2D eigenvalue weighted by molar-refractivity contribution is 5.79. The molecule has 0 aromatic carbocycles. The Kier molecular flexibility index (Phi) is 10.8. The molecule has 0 spiro atoms. The Morgan fingerprint density at radius 3 is 2.59 bits per heavy atom.